The molecule has 1 heterocycles. The van der Waals surface area contributed by atoms with Crippen molar-refractivity contribution in [2.24, 2.45) is 0 Å². The molecule has 1 aliphatic rings. The van der Waals surface area contributed by atoms with Gasteiger partial charge in [0, 0.05) is 21.1 Å². The van der Waals surface area contributed by atoms with Crippen LogP contribution in [0.5, 0.6) is 0 Å². The van der Waals surface area contributed by atoms with E-state index in [1.807, 2.05) is 21.8 Å². The molecule has 102 valence electrons. The molecule has 0 aromatic heterocycles. The molecule has 0 atom stereocenters. The van der Waals surface area contributed by atoms with Crippen molar-refractivity contribution < 1.29 is 49.1 Å². The minimum absolute atomic E-state index is 0. The molecule has 0 N–H and O–H groups in total. The standard InChI is InChI=1S/C5H9NOTe.5CO.Mo/c8-5-6-1-3-7-4-2-6;5*1-2;/h5H,1-4H2;;;;;;. The van der Waals surface area contributed by atoms with Crippen LogP contribution in [0.3, 0.4) is 0 Å². The summed E-state index contributed by atoms with van der Waals surface area (Å²) in [4.78, 5) is 2.27. The average Bonchev–Trinajstić information content (AvgIpc) is 2.57. The molecular weight excluding hydrogens is 454 g/mol. The van der Waals surface area contributed by atoms with Gasteiger partial charge in [0.1, 0.15) is 0 Å². The molecule has 1 aliphatic heterocycles. The van der Waals surface area contributed by atoms with Crippen LogP contribution in [-0.4, -0.2) is 57.2 Å². The van der Waals surface area contributed by atoms with Crippen LogP contribution < -0.4 is 0 Å². The maximum atomic E-state index is 7.50. The fraction of sp³-hybridized carbons (Fsp3) is 0.400. The van der Waals surface area contributed by atoms with Crippen molar-refractivity contribution in [2.75, 3.05) is 26.3 Å². The monoisotopic (exact) mass is 467 g/mol. The summed E-state index contributed by atoms with van der Waals surface area (Å²) in [7, 11) is 0. The third-order valence-electron chi connectivity index (χ3n) is 1.19. The van der Waals surface area contributed by atoms with Gasteiger partial charge in [-0.05, 0) is 0 Å². The Hall–Kier alpha value is -0.192. The summed E-state index contributed by atoms with van der Waals surface area (Å²) in [6.07, 6.45) is 0. The maximum absolute atomic E-state index is 7.50. The number of hydrogen-bond acceptors (Lipinski definition) is 2. The van der Waals surface area contributed by atoms with E-state index < -0.39 is 0 Å². The second-order valence-electron chi connectivity index (χ2n) is 1.75. The quantitative estimate of drug-likeness (QED) is 0.284. The van der Waals surface area contributed by atoms with Gasteiger partial charge in [-0.15, -0.1) is 0 Å². The summed E-state index contributed by atoms with van der Waals surface area (Å²) < 4.78 is 44.8. The first kappa shape index (κ1) is 36.4. The van der Waals surface area contributed by atoms with E-state index in [4.69, 9.17) is 28.0 Å². The molecule has 0 unspecified atom stereocenters. The molecule has 0 bridgehead atoms. The Bertz CT molecular complexity index is 210. The van der Waals surface area contributed by atoms with Gasteiger partial charge in [-0.1, -0.05) is 0 Å². The van der Waals surface area contributed by atoms with Crippen molar-refractivity contribution in [1.29, 1.82) is 0 Å². The van der Waals surface area contributed by atoms with Crippen LogP contribution in [0.1, 0.15) is 0 Å². The van der Waals surface area contributed by atoms with Crippen molar-refractivity contribution in [3.8, 4) is 0 Å². The van der Waals surface area contributed by atoms with E-state index in [-0.39, 0.29) is 21.1 Å². The van der Waals surface area contributed by atoms with Crippen molar-refractivity contribution in [3.05, 3.63) is 33.3 Å². The van der Waals surface area contributed by atoms with E-state index in [1.165, 1.54) is 0 Å². The fourth-order valence-electron chi connectivity index (χ4n) is 0.683. The summed E-state index contributed by atoms with van der Waals surface area (Å²) >= 11 is 2.00. The number of nitrogens with zero attached hydrogens (tertiary/aromatic N) is 1. The van der Waals surface area contributed by atoms with E-state index in [1.54, 1.807) is 0 Å². The zero-order valence-electron chi connectivity index (χ0n) is 9.62. The molecule has 0 radical (unpaired) electrons. The van der Waals surface area contributed by atoms with Crippen LogP contribution in [0.2, 0.25) is 0 Å². The number of rotatable bonds is 1. The zero-order valence-corrected chi connectivity index (χ0v) is 14.0. The van der Waals surface area contributed by atoms with Crippen LogP contribution in [-0.2, 0) is 49.1 Å². The summed E-state index contributed by atoms with van der Waals surface area (Å²) in [5.74, 6) is 0. The van der Waals surface area contributed by atoms with Crippen molar-refractivity contribution in [1.82, 2.24) is 4.90 Å². The summed E-state index contributed by atoms with van der Waals surface area (Å²) in [6, 6.07) is 0. The van der Waals surface area contributed by atoms with Gasteiger partial charge in [0.25, 0.3) is 0 Å². The van der Waals surface area contributed by atoms with Crippen molar-refractivity contribution >= 4 is 26.0 Å². The van der Waals surface area contributed by atoms with Gasteiger partial charge >= 0.3 is 118 Å². The van der Waals surface area contributed by atoms with Crippen LogP contribution in [0.15, 0.2) is 0 Å². The molecule has 1 rings (SSSR count). The number of ether oxygens (including phenoxy) is 1. The van der Waals surface area contributed by atoms with Gasteiger partial charge in [-0.2, -0.15) is 0 Å². The van der Waals surface area contributed by atoms with Gasteiger partial charge in [0.2, 0.25) is 0 Å². The van der Waals surface area contributed by atoms with E-state index in [9.17, 15) is 0 Å². The third kappa shape index (κ3) is 46.3. The third-order valence-corrected chi connectivity index (χ3v) is 2.05. The number of hydrogen-bond donors (Lipinski definition) is 0. The summed E-state index contributed by atoms with van der Waals surface area (Å²) in [5, 5.41) is 0. The minimum atomic E-state index is 0. The molecular formula is C10H9MoNO6Te. The molecule has 19 heavy (non-hydrogen) atoms. The van der Waals surface area contributed by atoms with Crippen molar-refractivity contribution in [2.45, 2.75) is 0 Å². The fourth-order valence-corrected chi connectivity index (χ4v) is 1.28. The van der Waals surface area contributed by atoms with Crippen LogP contribution >= 0.6 is 0 Å². The van der Waals surface area contributed by atoms with Gasteiger partial charge in [-0.25, -0.2) is 0 Å². The Labute approximate surface area is 139 Å². The summed E-state index contributed by atoms with van der Waals surface area (Å²) in [6.45, 7) is 26.4. The summed E-state index contributed by atoms with van der Waals surface area (Å²) in [5.41, 5.74) is 0. The predicted octanol–water partition coefficient (Wildman–Crippen LogP) is -0.943. The Morgan fingerprint density at radius 1 is 0.789 bits per heavy atom. The van der Waals surface area contributed by atoms with Gasteiger partial charge < -0.3 is 0 Å². The van der Waals surface area contributed by atoms with E-state index in [0.717, 1.165) is 26.3 Å². The van der Waals surface area contributed by atoms with E-state index in [0.29, 0.717) is 0 Å². The zero-order chi connectivity index (χ0) is 15.8. The number of morpholine rings is 1. The van der Waals surface area contributed by atoms with Gasteiger partial charge in [-0.3, -0.25) is 0 Å². The molecule has 9 heteroatoms. The molecule has 0 aromatic carbocycles. The van der Waals surface area contributed by atoms with Crippen LogP contribution in [0.25, 0.3) is 0 Å². The first-order chi connectivity index (χ1) is 8.93. The molecule has 0 amide bonds. The molecule has 0 aliphatic carbocycles. The van der Waals surface area contributed by atoms with E-state index >= 15 is 0 Å². The Morgan fingerprint density at radius 2 is 1.05 bits per heavy atom. The molecule has 1 saturated heterocycles. The average molecular weight is 463 g/mol. The Morgan fingerprint density at radius 3 is 1.21 bits per heavy atom. The second kappa shape index (κ2) is 64.8. The Balaban J connectivity index is -0.0000000332. The first-order valence-corrected chi connectivity index (χ1v) is 5.07. The van der Waals surface area contributed by atoms with E-state index in [2.05, 4.69) is 42.3 Å². The molecule has 0 spiro atoms. The molecule has 1 fully saturated rings. The molecule has 0 saturated carbocycles. The first-order valence-electron chi connectivity index (χ1n) is 3.72. The molecule has 7 nitrogen and oxygen atoms in total. The second-order valence-corrected chi connectivity index (χ2v) is 2.36. The van der Waals surface area contributed by atoms with Crippen molar-refractivity contribution in [3.63, 3.8) is 0 Å². The Kier molecular flexibility index (Phi) is 124. The van der Waals surface area contributed by atoms with Gasteiger partial charge in [0.15, 0.2) is 0 Å². The van der Waals surface area contributed by atoms with Crippen LogP contribution in [0, 0.1) is 33.3 Å². The molecule has 0 aromatic rings. The topological polar surface area (TPSA) is 112 Å². The van der Waals surface area contributed by atoms with Gasteiger partial charge in [0.05, 0.1) is 0 Å². The normalized spacial score (nSPS) is 9.26. The van der Waals surface area contributed by atoms with Crippen LogP contribution in [0.4, 0.5) is 0 Å². The predicted molar refractivity (Wildman–Crippen MR) is 53.9 cm³/mol. The SMILES string of the molecule is [C-]#[O+].[C-]#[O+].[C-]#[O+].[C-]#[O+].[C-]#[O+].[Mo].[Te]=CN1CCOCC1.